The number of nitrogens with zero attached hydrogens (tertiary/aromatic N) is 2. The van der Waals surface area contributed by atoms with E-state index in [0.717, 1.165) is 34.9 Å². The Morgan fingerprint density at radius 2 is 2.00 bits per heavy atom. The summed E-state index contributed by atoms with van der Waals surface area (Å²) in [6.45, 7) is 2.84. The van der Waals surface area contributed by atoms with Crippen LogP contribution in [0.25, 0.3) is 0 Å². The Morgan fingerprint density at radius 3 is 2.81 bits per heavy atom. The second-order valence-corrected chi connectivity index (χ2v) is 6.87. The third-order valence-corrected chi connectivity index (χ3v) is 4.54. The van der Waals surface area contributed by atoms with E-state index in [-0.39, 0.29) is 0 Å². The average Bonchev–Trinajstić information content (AvgIpc) is 3.09. The molecule has 0 aliphatic rings. The van der Waals surface area contributed by atoms with Crippen molar-refractivity contribution < 1.29 is 0 Å². The van der Waals surface area contributed by atoms with Crippen LogP contribution in [0, 0.1) is 0 Å². The van der Waals surface area contributed by atoms with E-state index in [4.69, 9.17) is 23.8 Å². The first kappa shape index (κ1) is 19.1. The predicted octanol–water partition coefficient (Wildman–Crippen LogP) is 5.07. The summed E-state index contributed by atoms with van der Waals surface area (Å²) < 4.78 is 2.10. The summed E-state index contributed by atoms with van der Waals surface area (Å²) in [6.07, 6.45) is 4.70. The Balaban J connectivity index is 1.60. The van der Waals surface area contributed by atoms with Crippen molar-refractivity contribution in [2.45, 2.75) is 19.9 Å². The minimum Gasteiger partial charge on any atom is -0.342 e. The van der Waals surface area contributed by atoms with Crippen LogP contribution < -0.4 is 10.7 Å². The van der Waals surface area contributed by atoms with Crippen molar-refractivity contribution in [2.24, 2.45) is 5.10 Å². The van der Waals surface area contributed by atoms with Crippen molar-refractivity contribution in [3.05, 3.63) is 88.7 Å². The lowest BCUT2D eigenvalue weighted by atomic mass is 10.1. The van der Waals surface area contributed by atoms with Gasteiger partial charge in [-0.15, -0.1) is 0 Å². The molecule has 1 heterocycles. The summed E-state index contributed by atoms with van der Waals surface area (Å²) in [4.78, 5) is 0. The van der Waals surface area contributed by atoms with Gasteiger partial charge in [0.2, 0.25) is 0 Å². The Labute approximate surface area is 169 Å². The standard InChI is InChI=1S/C21H21ClN4S/c1-2-17-8-3-4-11-20(17)24-21(27)25-23-14-19-10-6-12-26(19)15-16-7-5-9-18(22)13-16/h3-14H,2,15H2,1H3,(H2,24,25,27)/b23-14-. The molecule has 0 atom stereocenters. The van der Waals surface area contributed by atoms with E-state index in [1.54, 1.807) is 6.21 Å². The molecule has 3 aromatic rings. The molecule has 2 aromatic carbocycles. The Kier molecular flexibility index (Phi) is 6.63. The lowest BCUT2D eigenvalue weighted by Gasteiger charge is -2.11. The number of aryl methyl sites for hydroxylation is 1. The van der Waals surface area contributed by atoms with E-state index in [9.17, 15) is 0 Å². The molecular formula is C21H21ClN4S. The van der Waals surface area contributed by atoms with Crippen molar-refractivity contribution in [2.75, 3.05) is 5.32 Å². The first-order chi connectivity index (χ1) is 13.2. The van der Waals surface area contributed by atoms with Crippen molar-refractivity contribution in [3.63, 3.8) is 0 Å². The zero-order valence-corrected chi connectivity index (χ0v) is 16.6. The Hall–Kier alpha value is -2.63. The number of hydrogen-bond donors (Lipinski definition) is 2. The molecule has 3 rings (SSSR count). The minimum atomic E-state index is 0.458. The fraction of sp³-hybridized carbons (Fsp3) is 0.143. The molecule has 0 amide bonds. The highest BCUT2D eigenvalue weighted by Crippen LogP contribution is 2.15. The first-order valence-corrected chi connectivity index (χ1v) is 9.52. The molecule has 6 heteroatoms. The fourth-order valence-corrected chi connectivity index (χ4v) is 3.15. The highest BCUT2D eigenvalue weighted by atomic mass is 35.5. The molecule has 0 radical (unpaired) electrons. The maximum atomic E-state index is 6.06. The van der Waals surface area contributed by atoms with Crippen LogP contribution in [-0.4, -0.2) is 15.9 Å². The van der Waals surface area contributed by atoms with E-state index in [2.05, 4.69) is 39.5 Å². The topological polar surface area (TPSA) is 41.4 Å². The number of hydrogen-bond acceptors (Lipinski definition) is 2. The number of hydrazone groups is 1. The summed E-state index contributed by atoms with van der Waals surface area (Å²) in [7, 11) is 0. The number of benzene rings is 2. The van der Waals surface area contributed by atoms with Gasteiger partial charge in [0.15, 0.2) is 5.11 Å². The first-order valence-electron chi connectivity index (χ1n) is 8.73. The van der Waals surface area contributed by atoms with Crippen LogP contribution in [0.3, 0.4) is 0 Å². The monoisotopic (exact) mass is 396 g/mol. The van der Waals surface area contributed by atoms with Crippen LogP contribution >= 0.6 is 23.8 Å². The third kappa shape index (κ3) is 5.42. The van der Waals surface area contributed by atoms with Gasteiger partial charge >= 0.3 is 0 Å². The molecular weight excluding hydrogens is 376 g/mol. The second kappa shape index (κ2) is 9.35. The normalized spacial score (nSPS) is 10.9. The quantitative estimate of drug-likeness (QED) is 0.347. The predicted molar refractivity (Wildman–Crippen MR) is 118 cm³/mol. The number of aromatic nitrogens is 1. The average molecular weight is 397 g/mol. The number of thiocarbonyl (C=S) groups is 1. The molecule has 0 saturated carbocycles. The number of para-hydroxylation sites is 1. The van der Waals surface area contributed by atoms with Crippen LogP contribution in [0.15, 0.2) is 72.0 Å². The number of anilines is 1. The van der Waals surface area contributed by atoms with Gasteiger partial charge in [-0.3, -0.25) is 5.43 Å². The lowest BCUT2D eigenvalue weighted by molar-refractivity contribution is 0.799. The maximum Gasteiger partial charge on any atom is 0.191 e. The van der Waals surface area contributed by atoms with Crippen molar-refractivity contribution in [3.8, 4) is 0 Å². The summed E-state index contributed by atoms with van der Waals surface area (Å²) in [5, 5.41) is 8.64. The number of halogens is 1. The molecule has 0 bridgehead atoms. The summed E-state index contributed by atoms with van der Waals surface area (Å²) in [5.41, 5.74) is 7.19. The van der Waals surface area contributed by atoms with Crippen LogP contribution in [-0.2, 0) is 13.0 Å². The molecule has 0 aliphatic heterocycles. The van der Waals surface area contributed by atoms with E-state index >= 15 is 0 Å². The van der Waals surface area contributed by atoms with Gasteiger partial charge in [0, 0.05) is 23.5 Å². The molecule has 0 saturated heterocycles. The van der Waals surface area contributed by atoms with Gasteiger partial charge in [-0.2, -0.15) is 5.10 Å². The molecule has 27 heavy (non-hydrogen) atoms. The van der Waals surface area contributed by atoms with Crippen molar-refractivity contribution >= 4 is 40.8 Å². The molecule has 0 aliphatic carbocycles. The van der Waals surface area contributed by atoms with E-state index in [0.29, 0.717) is 5.11 Å². The van der Waals surface area contributed by atoms with E-state index < -0.39 is 0 Å². The lowest BCUT2D eigenvalue weighted by Crippen LogP contribution is -2.24. The fourth-order valence-electron chi connectivity index (χ4n) is 2.78. The second-order valence-electron chi connectivity index (χ2n) is 6.03. The van der Waals surface area contributed by atoms with Crippen LogP contribution in [0.5, 0.6) is 0 Å². The van der Waals surface area contributed by atoms with Gasteiger partial charge in [-0.1, -0.05) is 48.9 Å². The van der Waals surface area contributed by atoms with Gasteiger partial charge in [0.25, 0.3) is 0 Å². The van der Waals surface area contributed by atoms with Crippen molar-refractivity contribution in [1.29, 1.82) is 0 Å². The molecule has 0 fully saturated rings. The van der Waals surface area contributed by atoms with Crippen LogP contribution in [0.2, 0.25) is 5.02 Å². The largest absolute Gasteiger partial charge is 0.342 e. The SMILES string of the molecule is CCc1ccccc1NC(=S)N/N=C\c1cccn1Cc1cccc(Cl)c1. The van der Waals surface area contributed by atoms with Gasteiger partial charge in [-0.25, -0.2) is 0 Å². The van der Waals surface area contributed by atoms with Gasteiger partial charge in [-0.05, 0) is 60.1 Å². The van der Waals surface area contributed by atoms with Gasteiger partial charge in [0.1, 0.15) is 0 Å². The maximum absolute atomic E-state index is 6.06. The zero-order valence-electron chi connectivity index (χ0n) is 15.0. The third-order valence-electron chi connectivity index (χ3n) is 4.12. The summed E-state index contributed by atoms with van der Waals surface area (Å²) in [5.74, 6) is 0. The van der Waals surface area contributed by atoms with Crippen LogP contribution in [0.4, 0.5) is 5.69 Å². The Bertz CT molecular complexity index is 949. The smallest absolute Gasteiger partial charge is 0.191 e. The molecule has 2 N–H and O–H groups in total. The molecule has 138 valence electrons. The highest BCUT2D eigenvalue weighted by Gasteiger charge is 2.03. The molecule has 0 unspecified atom stereocenters. The van der Waals surface area contributed by atoms with Gasteiger partial charge < -0.3 is 9.88 Å². The number of rotatable bonds is 6. The van der Waals surface area contributed by atoms with E-state index in [1.165, 1.54) is 5.56 Å². The Morgan fingerprint density at radius 1 is 1.15 bits per heavy atom. The highest BCUT2D eigenvalue weighted by molar-refractivity contribution is 7.80. The van der Waals surface area contributed by atoms with E-state index in [1.807, 2.05) is 54.7 Å². The number of nitrogens with one attached hydrogen (secondary N) is 2. The minimum absolute atomic E-state index is 0.458. The molecule has 1 aromatic heterocycles. The van der Waals surface area contributed by atoms with Gasteiger partial charge in [0.05, 0.1) is 11.9 Å². The van der Waals surface area contributed by atoms with Crippen LogP contribution in [0.1, 0.15) is 23.7 Å². The molecule has 4 nitrogen and oxygen atoms in total. The van der Waals surface area contributed by atoms with Crippen molar-refractivity contribution in [1.82, 2.24) is 9.99 Å². The molecule has 0 spiro atoms. The zero-order chi connectivity index (χ0) is 19.1. The summed E-state index contributed by atoms with van der Waals surface area (Å²) >= 11 is 11.4. The summed E-state index contributed by atoms with van der Waals surface area (Å²) in [6, 6.07) is 19.9.